The van der Waals surface area contributed by atoms with Gasteiger partial charge in [-0.3, -0.25) is 0 Å². The molecule has 0 unspecified atom stereocenters. The van der Waals surface area contributed by atoms with Crippen molar-refractivity contribution in [2.75, 3.05) is 0 Å². The van der Waals surface area contributed by atoms with Crippen LogP contribution < -0.4 is 5.32 Å². The number of hydrogen-bond donors (Lipinski definition) is 1. The van der Waals surface area contributed by atoms with Gasteiger partial charge < -0.3 is 5.32 Å². The summed E-state index contributed by atoms with van der Waals surface area (Å²) in [6.45, 7) is 2.52. The monoisotopic (exact) mass is 211 g/mol. The van der Waals surface area contributed by atoms with Crippen molar-refractivity contribution in [1.29, 1.82) is 0 Å². The van der Waals surface area contributed by atoms with E-state index in [0.717, 1.165) is 18.9 Å². The van der Waals surface area contributed by atoms with Crippen LogP contribution in [0.1, 0.15) is 31.7 Å². The summed E-state index contributed by atoms with van der Waals surface area (Å²) in [4.78, 5) is 0. The molecule has 1 aliphatic rings. The van der Waals surface area contributed by atoms with E-state index < -0.39 is 11.6 Å². The molecule has 0 atom stereocenters. The normalized spacial score (nSPS) is 18.6. The van der Waals surface area contributed by atoms with Crippen LogP contribution in [0.4, 0.5) is 8.78 Å². The zero-order valence-electron chi connectivity index (χ0n) is 8.82. The van der Waals surface area contributed by atoms with Crippen LogP contribution in [0.3, 0.4) is 0 Å². The van der Waals surface area contributed by atoms with Crippen LogP contribution in [-0.2, 0) is 6.54 Å². The second-order valence-electron chi connectivity index (χ2n) is 4.48. The molecule has 1 aromatic rings. The molecular weight excluding hydrogens is 196 g/mol. The lowest BCUT2D eigenvalue weighted by molar-refractivity contribution is 0.205. The molecule has 1 nitrogen and oxygen atoms in total. The van der Waals surface area contributed by atoms with Crippen molar-refractivity contribution in [1.82, 2.24) is 5.32 Å². The van der Waals surface area contributed by atoms with E-state index in [9.17, 15) is 8.78 Å². The smallest absolute Gasteiger partial charge is 0.163 e. The van der Waals surface area contributed by atoms with E-state index in [-0.39, 0.29) is 5.54 Å². The van der Waals surface area contributed by atoms with Gasteiger partial charge in [-0.15, -0.1) is 0 Å². The highest BCUT2D eigenvalue weighted by Gasteiger charge is 2.30. The molecule has 15 heavy (non-hydrogen) atoms. The summed E-state index contributed by atoms with van der Waals surface area (Å²) in [6, 6.07) is 4.30. The summed E-state index contributed by atoms with van der Waals surface area (Å²) < 4.78 is 26.2. The fraction of sp³-hybridized carbons (Fsp3) is 0.500. The van der Waals surface area contributed by atoms with Gasteiger partial charge in [0.2, 0.25) is 0 Å². The van der Waals surface area contributed by atoms with Crippen LogP contribution in [0, 0.1) is 11.6 Å². The minimum atomic E-state index is -0.770. The molecule has 0 amide bonds. The zero-order valence-corrected chi connectivity index (χ0v) is 8.82. The highest BCUT2D eigenvalue weighted by molar-refractivity contribution is 5.19. The van der Waals surface area contributed by atoms with Crippen molar-refractivity contribution < 1.29 is 8.78 Å². The highest BCUT2D eigenvalue weighted by atomic mass is 19.2. The third-order valence-corrected chi connectivity index (χ3v) is 3.19. The van der Waals surface area contributed by atoms with Gasteiger partial charge in [0.25, 0.3) is 0 Å². The lowest BCUT2D eigenvalue weighted by atomic mass is 9.78. The van der Waals surface area contributed by atoms with E-state index in [2.05, 4.69) is 12.2 Å². The summed E-state index contributed by atoms with van der Waals surface area (Å²) in [6.07, 6.45) is 3.45. The first-order chi connectivity index (χ1) is 7.11. The topological polar surface area (TPSA) is 12.0 Å². The maximum absolute atomic E-state index is 13.3. The molecule has 1 N–H and O–H groups in total. The Morgan fingerprint density at radius 2 is 2.07 bits per heavy atom. The summed E-state index contributed by atoms with van der Waals surface area (Å²) in [7, 11) is 0. The van der Waals surface area contributed by atoms with Gasteiger partial charge in [-0.1, -0.05) is 12.1 Å². The number of rotatable bonds is 3. The molecule has 0 aromatic heterocycles. The fourth-order valence-electron chi connectivity index (χ4n) is 1.88. The maximum Gasteiger partial charge on any atom is 0.163 e. The molecule has 0 saturated heterocycles. The number of nitrogens with one attached hydrogen (secondary N) is 1. The Kier molecular flexibility index (Phi) is 2.74. The minimum absolute atomic E-state index is 0.124. The first-order valence-corrected chi connectivity index (χ1v) is 5.29. The average molecular weight is 211 g/mol. The largest absolute Gasteiger partial charge is 0.307 e. The lowest BCUT2D eigenvalue weighted by Crippen LogP contribution is -2.47. The predicted octanol–water partition coefficient (Wildman–Crippen LogP) is 3.00. The molecule has 1 aliphatic carbocycles. The molecule has 0 spiro atoms. The van der Waals surface area contributed by atoms with E-state index >= 15 is 0 Å². The van der Waals surface area contributed by atoms with Gasteiger partial charge in [-0.2, -0.15) is 0 Å². The van der Waals surface area contributed by atoms with Crippen molar-refractivity contribution in [2.45, 2.75) is 38.3 Å². The molecule has 3 heteroatoms. The number of halogens is 2. The van der Waals surface area contributed by atoms with Crippen LogP contribution in [-0.4, -0.2) is 5.54 Å². The average Bonchev–Trinajstić information content (AvgIpc) is 2.17. The molecule has 82 valence electrons. The molecule has 0 aliphatic heterocycles. The second kappa shape index (κ2) is 3.89. The van der Waals surface area contributed by atoms with Gasteiger partial charge in [-0.25, -0.2) is 8.78 Å². The van der Waals surface area contributed by atoms with Crippen LogP contribution in [0.5, 0.6) is 0 Å². The van der Waals surface area contributed by atoms with E-state index in [1.165, 1.54) is 6.42 Å². The minimum Gasteiger partial charge on any atom is -0.307 e. The summed E-state index contributed by atoms with van der Waals surface area (Å²) >= 11 is 0. The van der Waals surface area contributed by atoms with Crippen LogP contribution >= 0.6 is 0 Å². The first kappa shape index (κ1) is 10.6. The molecular formula is C12H15F2N. The summed E-state index contributed by atoms with van der Waals surface area (Å²) in [5.41, 5.74) is 0.529. The van der Waals surface area contributed by atoms with Gasteiger partial charge in [0.05, 0.1) is 0 Å². The zero-order chi connectivity index (χ0) is 10.9. The van der Waals surface area contributed by atoms with Gasteiger partial charge >= 0.3 is 0 Å². The SMILES string of the molecule is CC1(NCc2cccc(F)c2F)CCC1. The Morgan fingerprint density at radius 1 is 1.33 bits per heavy atom. The number of hydrogen-bond acceptors (Lipinski definition) is 1. The molecule has 1 fully saturated rings. The molecule has 2 rings (SSSR count). The molecule has 1 saturated carbocycles. The van der Waals surface area contributed by atoms with Crippen molar-refractivity contribution in [3.05, 3.63) is 35.4 Å². The summed E-state index contributed by atoms with van der Waals surface area (Å²) in [5, 5.41) is 3.27. The Balaban J connectivity index is 2.01. The Labute approximate surface area is 88.5 Å². The standard InChI is InChI=1S/C12H15F2N/c1-12(6-3-7-12)15-8-9-4-2-5-10(13)11(9)14/h2,4-5,15H,3,6-8H2,1H3. The lowest BCUT2D eigenvalue weighted by Gasteiger charge is -2.39. The van der Waals surface area contributed by atoms with Crippen LogP contribution in [0.2, 0.25) is 0 Å². The first-order valence-electron chi connectivity index (χ1n) is 5.29. The molecule has 0 bridgehead atoms. The summed E-state index contributed by atoms with van der Waals surface area (Å²) in [5.74, 6) is -1.50. The van der Waals surface area contributed by atoms with Gasteiger partial charge in [-0.05, 0) is 32.3 Å². The number of benzene rings is 1. The van der Waals surface area contributed by atoms with Crippen molar-refractivity contribution in [3.63, 3.8) is 0 Å². The predicted molar refractivity (Wildman–Crippen MR) is 55.5 cm³/mol. The molecule has 0 radical (unpaired) electrons. The van der Waals surface area contributed by atoms with Crippen molar-refractivity contribution in [3.8, 4) is 0 Å². The highest BCUT2D eigenvalue weighted by Crippen LogP contribution is 2.31. The Hall–Kier alpha value is -0.960. The fourth-order valence-corrected chi connectivity index (χ4v) is 1.88. The van der Waals surface area contributed by atoms with E-state index in [1.54, 1.807) is 12.1 Å². The Bertz CT molecular complexity index is 359. The molecule has 1 aromatic carbocycles. The maximum atomic E-state index is 13.3. The molecule has 0 heterocycles. The van der Waals surface area contributed by atoms with Crippen LogP contribution in [0.25, 0.3) is 0 Å². The van der Waals surface area contributed by atoms with Crippen molar-refractivity contribution in [2.24, 2.45) is 0 Å². The van der Waals surface area contributed by atoms with Crippen molar-refractivity contribution >= 4 is 0 Å². The Morgan fingerprint density at radius 3 is 2.67 bits per heavy atom. The van der Waals surface area contributed by atoms with E-state index in [1.807, 2.05) is 0 Å². The van der Waals surface area contributed by atoms with Gasteiger partial charge in [0, 0.05) is 17.6 Å². The van der Waals surface area contributed by atoms with Crippen LogP contribution in [0.15, 0.2) is 18.2 Å². The van der Waals surface area contributed by atoms with E-state index in [0.29, 0.717) is 12.1 Å². The quantitative estimate of drug-likeness (QED) is 0.810. The third-order valence-electron chi connectivity index (χ3n) is 3.19. The van der Waals surface area contributed by atoms with Gasteiger partial charge in [0.15, 0.2) is 11.6 Å². The van der Waals surface area contributed by atoms with Gasteiger partial charge in [0.1, 0.15) is 0 Å². The second-order valence-corrected chi connectivity index (χ2v) is 4.48. The third kappa shape index (κ3) is 2.17. The van der Waals surface area contributed by atoms with E-state index in [4.69, 9.17) is 0 Å².